The largest absolute Gasteiger partial charge is 0.388 e. The molecule has 0 aliphatic rings. The molecule has 0 aromatic heterocycles. The highest BCUT2D eigenvalue weighted by molar-refractivity contribution is 5.62. The number of rotatable bonds is 4. The lowest BCUT2D eigenvalue weighted by molar-refractivity contribution is 0.982. The van der Waals surface area contributed by atoms with Crippen molar-refractivity contribution in [2.24, 2.45) is 4.99 Å². The van der Waals surface area contributed by atoms with Crippen LogP contribution in [-0.4, -0.2) is 20.8 Å². The van der Waals surface area contributed by atoms with E-state index in [0.717, 1.165) is 17.1 Å². The number of hydrogen-bond acceptors (Lipinski definition) is 3. The van der Waals surface area contributed by atoms with Crippen molar-refractivity contribution in [3.63, 3.8) is 0 Å². The molecular weight excluding hydrogens is 186 g/mol. The summed E-state index contributed by atoms with van der Waals surface area (Å²) in [6.07, 6.45) is 1.98. The Labute approximate surface area is 90.9 Å². The van der Waals surface area contributed by atoms with Crippen LogP contribution in [0.4, 0.5) is 5.69 Å². The second-order valence-corrected chi connectivity index (χ2v) is 3.26. The summed E-state index contributed by atoms with van der Waals surface area (Å²) >= 11 is 0. The molecule has 0 aliphatic carbocycles. The smallest absolute Gasteiger partial charge is 0.125 e. The van der Waals surface area contributed by atoms with E-state index in [1.54, 1.807) is 0 Å². The molecule has 0 radical (unpaired) electrons. The first-order chi connectivity index (χ1) is 7.21. The van der Waals surface area contributed by atoms with E-state index in [9.17, 15) is 0 Å². The predicted molar refractivity (Wildman–Crippen MR) is 67.3 cm³/mol. The average Bonchev–Trinajstić information content (AvgIpc) is 2.28. The lowest BCUT2D eigenvalue weighted by Gasteiger charge is -2.06. The van der Waals surface area contributed by atoms with Gasteiger partial charge in [0.15, 0.2) is 0 Å². The standard InChI is InChI=1S/C12H17N3/c1-9-5-6-11(13-2)7-10(9)8-12(14-3)15-4/h5-8,13,15H,3H2,1-2,4H3/b12-8+. The van der Waals surface area contributed by atoms with Crippen molar-refractivity contribution >= 4 is 18.5 Å². The van der Waals surface area contributed by atoms with Crippen LogP contribution in [0.15, 0.2) is 29.0 Å². The SMILES string of the molecule is C=N/C(=C\c1cc(NC)ccc1C)NC. The minimum absolute atomic E-state index is 0.770. The summed E-state index contributed by atoms with van der Waals surface area (Å²) in [6, 6.07) is 6.21. The zero-order chi connectivity index (χ0) is 11.3. The maximum absolute atomic E-state index is 3.88. The molecule has 2 N–H and O–H groups in total. The molecule has 0 amide bonds. The average molecular weight is 203 g/mol. The number of aliphatic imine (C=N–C) groups is 1. The van der Waals surface area contributed by atoms with E-state index in [2.05, 4.69) is 41.4 Å². The molecule has 0 bridgehead atoms. The second kappa shape index (κ2) is 5.20. The summed E-state index contributed by atoms with van der Waals surface area (Å²) in [5.41, 5.74) is 3.44. The Bertz CT molecular complexity index is 380. The Kier molecular flexibility index (Phi) is 3.92. The first-order valence-corrected chi connectivity index (χ1v) is 4.86. The molecule has 0 atom stereocenters. The van der Waals surface area contributed by atoms with Crippen LogP contribution in [-0.2, 0) is 0 Å². The molecule has 0 saturated carbocycles. The summed E-state index contributed by atoms with van der Waals surface area (Å²) in [6.45, 7) is 5.57. The van der Waals surface area contributed by atoms with Crippen molar-refractivity contribution in [2.75, 3.05) is 19.4 Å². The van der Waals surface area contributed by atoms with Gasteiger partial charge in [0.2, 0.25) is 0 Å². The van der Waals surface area contributed by atoms with Crippen molar-refractivity contribution in [1.29, 1.82) is 0 Å². The van der Waals surface area contributed by atoms with Crippen LogP contribution in [0, 0.1) is 6.92 Å². The van der Waals surface area contributed by atoms with Crippen molar-refractivity contribution in [2.45, 2.75) is 6.92 Å². The quantitative estimate of drug-likeness (QED) is 0.736. The summed E-state index contributed by atoms with van der Waals surface area (Å²) < 4.78 is 0. The van der Waals surface area contributed by atoms with Crippen LogP contribution in [0.3, 0.4) is 0 Å². The third-order valence-corrected chi connectivity index (χ3v) is 2.29. The van der Waals surface area contributed by atoms with Crippen LogP contribution < -0.4 is 10.6 Å². The topological polar surface area (TPSA) is 36.4 Å². The van der Waals surface area contributed by atoms with Gasteiger partial charge in [0.1, 0.15) is 5.82 Å². The van der Waals surface area contributed by atoms with Gasteiger partial charge in [-0.15, -0.1) is 0 Å². The van der Waals surface area contributed by atoms with E-state index in [-0.39, 0.29) is 0 Å². The molecule has 0 spiro atoms. The summed E-state index contributed by atoms with van der Waals surface area (Å²) in [5, 5.41) is 6.08. The minimum Gasteiger partial charge on any atom is -0.388 e. The van der Waals surface area contributed by atoms with Crippen molar-refractivity contribution < 1.29 is 0 Å². The van der Waals surface area contributed by atoms with Crippen LogP contribution in [0.1, 0.15) is 11.1 Å². The Hall–Kier alpha value is -1.77. The molecule has 3 nitrogen and oxygen atoms in total. The molecule has 0 saturated heterocycles. The Balaban J connectivity index is 3.12. The molecule has 1 rings (SSSR count). The molecule has 0 heterocycles. The fraction of sp³-hybridized carbons (Fsp3) is 0.250. The molecule has 15 heavy (non-hydrogen) atoms. The molecule has 0 aliphatic heterocycles. The third kappa shape index (κ3) is 2.84. The second-order valence-electron chi connectivity index (χ2n) is 3.26. The van der Waals surface area contributed by atoms with Gasteiger partial charge in [-0.25, -0.2) is 4.99 Å². The first-order valence-electron chi connectivity index (χ1n) is 4.86. The number of hydrogen-bond donors (Lipinski definition) is 2. The van der Waals surface area contributed by atoms with Crippen LogP contribution >= 0.6 is 0 Å². The molecule has 3 heteroatoms. The van der Waals surface area contributed by atoms with Gasteiger partial charge in [-0.3, -0.25) is 0 Å². The van der Waals surface area contributed by atoms with Crippen LogP contribution in [0.5, 0.6) is 0 Å². The molecule has 0 fully saturated rings. The zero-order valence-corrected chi connectivity index (χ0v) is 9.46. The number of aryl methyl sites for hydroxylation is 1. The fourth-order valence-electron chi connectivity index (χ4n) is 1.30. The molecule has 80 valence electrons. The summed E-state index contributed by atoms with van der Waals surface area (Å²) in [7, 11) is 3.74. The van der Waals surface area contributed by atoms with Gasteiger partial charge in [0, 0.05) is 19.8 Å². The maximum Gasteiger partial charge on any atom is 0.125 e. The Morgan fingerprint density at radius 2 is 2.13 bits per heavy atom. The highest BCUT2D eigenvalue weighted by atomic mass is 15.0. The monoisotopic (exact) mass is 203 g/mol. The van der Waals surface area contributed by atoms with E-state index < -0.39 is 0 Å². The van der Waals surface area contributed by atoms with Crippen LogP contribution in [0.2, 0.25) is 0 Å². The molecular formula is C12H17N3. The van der Waals surface area contributed by atoms with Gasteiger partial charge >= 0.3 is 0 Å². The van der Waals surface area contributed by atoms with E-state index in [4.69, 9.17) is 0 Å². The van der Waals surface area contributed by atoms with Crippen LogP contribution in [0.25, 0.3) is 6.08 Å². The number of anilines is 1. The number of nitrogens with one attached hydrogen (secondary N) is 2. The molecule has 1 aromatic rings. The highest BCUT2D eigenvalue weighted by Crippen LogP contribution is 2.17. The lowest BCUT2D eigenvalue weighted by atomic mass is 10.1. The van der Waals surface area contributed by atoms with Gasteiger partial charge in [-0.1, -0.05) is 6.07 Å². The minimum atomic E-state index is 0.770. The summed E-state index contributed by atoms with van der Waals surface area (Å²) in [4.78, 5) is 3.88. The third-order valence-electron chi connectivity index (χ3n) is 2.29. The van der Waals surface area contributed by atoms with E-state index in [1.807, 2.05) is 26.2 Å². The van der Waals surface area contributed by atoms with E-state index >= 15 is 0 Å². The van der Waals surface area contributed by atoms with Crippen molar-refractivity contribution in [1.82, 2.24) is 5.32 Å². The lowest BCUT2D eigenvalue weighted by Crippen LogP contribution is -2.02. The molecule has 0 unspecified atom stereocenters. The van der Waals surface area contributed by atoms with E-state index in [1.165, 1.54) is 5.56 Å². The highest BCUT2D eigenvalue weighted by Gasteiger charge is 1.98. The van der Waals surface area contributed by atoms with Gasteiger partial charge in [0.25, 0.3) is 0 Å². The van der Waals surface area contributed by atoms with Crippen molar-refractivity contribution in [3.8, 4) is 0 Å². The van der Waals surface area contributed by atoms with Gasteiger partial charge < -0.3 is 10.6 Å². The fourth-order valence-corrected chi connectivity index (χ4v) is 1.30. The first kappa shape index (κ1) is 11.3. The van der Waals surface area contributed by atoms with Gasteiger partial charge in [-0.05, 0) is 43.0 Å². The molecule has 1 aromatic carbocycles. The summed E-state index contributed by atoms with van der Waals surface area (Å²) in [5.74, 6) is 0.770. The maximum atomic E-state index is 3.88. The van der Waals surface area contributed by atoms with Gasteiger partial charge in [-0.2, -0.15) is 0 Å². The predicted octanol–water partition coefficient (Wildman–Crippen LogP) is 2.26. The van der Waals surface area contributed by atoms with Gasteiger partial charge in [0.05, 0.1) is 0 Å². The Morgan fingerprint density at radius 3 is 2.67 bits per heavy atom. The van der Waals surface area contributed by atoms with Crippen molar-refractivity contribution in [3.05, 3.63) is 35.1 Å². The number of benzene rings is 1. The Morgan fingerprint density at radius 1 is 1.40 bits per heavy atom. The normalized spacial score (nSPS) is 11.0. The number of nitrogens with zero attached hydrogens (tertiary/aromatic N) is 1. The van der Waals surface area contributed by atoms with E-state index in [0.29, 0.717) is 0 Å². The zero-order valence-electron chi connectivity index (χ0n) is 9.46.